The highest BCUT2D eigenvalue weighted by Gasteiger charge is 2.17. The van der Waals surface area contributed by atoms with Crippen LogP contribution >= 0.6 is 0 Å². The number of aliphatic carboxylic acids is 1. The summed E-state index contributed by atoms with van der Waals surface area (Å²) in [7, 11) is 3.33. The molecule has 0 saturated heterocycles. The van der Waals surface area contributed by atoms with E-state index in [0.29, 0.717) is 19.6 Å². The van der Waals surface area contributed by atoms with E-state index in [1.165, 1.54) is 0 Å². The summed E-state index contributed by atoms with van der Waals surface area (Å²) in [6.45, 7) is 6.34. The average Bonchev–Trinajstić information content (AvgIpc) is 2.40. The number of nitrogens with one attached hydrogen (secondary N) is 1. The van der Waals surface area contributed by atoms with Gasteiger partial charge >= 0.3 is 5.97 Å². The number of carboxylic acid groups (broad SMARTS) is 1. The number of nitrogens with zero attached hydrogens (tertiary/aromatic N) is 1. The average molecular weight is 276 g/mol. The minimum absolute atomic E-state index is 0.479. The quantitative estimate of drug-likeness (QED) is 0.508. The number of carboxylic acids is 1. The number of rotatable bonds is 13. The number of methoxy groups -OCH3 is 2. The van der Waals surface area contributed by atoms with Crippen molar-refractivity contribution < 1.29 is 19.4 Å². The molecule has 19 heavy (non-hydrogen) atoms. The SMILES string of the molecule is CCCNC(CCN(CCOC)CCOC)C(=O)O. The molecule has 0 aliphatic heterocycles. The van der Waals surface area contributed by atoms with E-state index >= 15 is 0 Å². The second-order valence-corrected chi connectivity index (χ2v) is 4.46. The first-order valence-corrected chi connectivity index (χ1v) is 6.82. The second-order valence-electron chi connectivity index (χ2n) is 4.46. The molecule has 0 aromatic heterocycles. The molecule has 2 N–H and O–H groups in total. The Balaban J connectivity index is 4.10. The Bertz CT molecular complexity index is 219. The molecule has 0 saturated carbocycles. The predicted molar refractivity (Wildman–Crippen MR) is 74.5 cm³/mol. The number of hydrogen-bond donors (Lipinski definition) is 2. The van der Waals surface area contributed by atoms with Gasteiger partial charge in [0.2, 0.25) is 0 Å². The smallest absolute Gasteiger partial charge is 0.320 e. The summed E-state index contributed by atoms with van der Waals surface area (Å²) < 4.78 is 10.1. The summed E-state index contributed by atoms with van der Waals surface area (Å²) in [5.41, 5.74) is 0. The van der Waals surface area contributed by atoms with Gasteiger partial charge in [-0.3, -0.25) is 9.69 Å². The zero-order valence-electron chi connectivity index (χ0n) is 12.4. The number of hydrogen-bond acceptors (Lipinski definition) is 5. The highest BCUT2D eigenvalue weighted by Crippen LogP contribution is 1.98. The first-order valence-electron chi connectivity index (χ1n) is 6.82. The Hall–Kier alpha value is -0.690. The van der Waals surface area contributed by atoms with Crippen LogP contribution in [0, 0.1) is 0 Å². The highest BCUT2D eigenvalue weighted by atomic mass is 16.5. The van der Waals surface area contributed by atoms with Gasteiger partial charge < -0.3 is 19.9 Å². The molecular weight excluding hydrogens is 248 g/mol. The van der Waals surface area contributed by atoms with Crippen LogP contribution < -0.4 is 5.32 Å². The fourth-order valence-electron chi connectivity index (χ4n) is 1.72. The van der Waals surface area contributed by atoms with Gasteiger partial charge in [-0.05, 0) is 19.4 Å². The highest BCUT2D eigenvalue weighted by molar-refractivity contribution is 5.73. The molecule has 0 amide bonds. The molecule has 6 heteroatoms. The van der Waals surface area contributed by atoms with Crippen LogP contribution in [0.1, 0.15) is 19.8 Å². The second kappa shape index (κ2) is 12.3. The predicted octanol–water partition coefficient (Wildman–Crippen LogP) is 0.424. The van der Waals surface area contributed by atoms with Crippen molar-refractivity contribution in [3.05, 3.63) is 0 Å². The van der Waals surface area contributed by atoms with Crippen molar-refractivity contribution in [2.45, 2.75) is 25.8 Å². The van der Waals surface area contributed by atoms with Gasteiger partial charge in [0.25, 0.3) is 0 Å². The Labute approximate surface area is 116 Å². The van der Waals surface area contributed by atoms with Crippen molar-refractivity contribution in [1.29, 1.82) is 0 Å². The summed E-state index contributed by atoms with van der Waals surface area (Å²) in [6, 6.07) is -0.479. The van der Waals surface area contributed by atoms with Gasteiger partial charge in [-0.2, -0.15) is 0 Å². The van der Waals surface area contributed by atoms with E-state index in [-0.39, 0.29) is 0 Å². The lowest BCUT2D eigenvalue weighted by Crippen LogP contribution is -2.41. The van der Waals surface area contributed by atoms with Crippen molar-refractivity contribution in [3.8, 4) is 0 Å². The van der Waals surface area contributed by atoms with Crippen molar-refractivity contribution in [1.82, 2.24) is 10.2 Å². The van der Waals surface area contributed by atoms with Gasteiger partial charge in [0, 0.05) is 33.9 Å². The first kappa shape index (κ1) is 18.3. The Kier molecular flexibility index (Phi) is 11.9. The fourth-order valence-corrected chi connectivity index (χ4v) is 1.72. The zero-order chi connectivity index (χ0) is 14.5. The normalized spacial score (nSPS) is 12.8. The molecule has 0 heterocycles. The van der Waals surface area contributed by atoms with Crippen LogP contribution in [0.25, 0.3) is 0 Å². The largest absolute Gasteiger partial charge is 0.480 e. The van der Waals surface area contributed by atoms with Crippen LogP contribution in [0.15, 0.2) is 0 Å². The van der Waals surface area contributed by atoms with E-state index in [1.807, 2.05) is 6.92 Å². The van der Waals surface area contributed by atoms with Crippen LogP contribution in [0.2, 0.25) is 0 Å². The van der Waals surface area contributed by atoms with E-state index in [9.17, 15) is 4.79 Å². The third-order valence-electron chi connectivity index (χ3n) is 2.90. The lowest BCUT2D eigenvalue weighted by Gasteiger charge is -2.23. The van der Waals surface area contributed by atoms with Crippen LogP contribution in [0.4, 0.5) is 0 Å². The minimum Gasteiger partial charge on any atom is -0.480 e. The summed E-state index contributed by atoms with van der Waals surface area (Å²) in [4.78, 5) is 13.3. The third kappa shape index (κ3) is 9.84. The summed E-state index contributed by atoms with van der Waals surface area (Å²) in [6.07, 6.45) is 1.52. The molecule has 0 bridgehead atoms. The molecule has 0 aromatic rings. The van der Waals surface area contributed by atoms with E-state index in [1.54, 1.807) is 14.2 Å². The molecule has 0 fully saturated rings. The lowest BCUT2D eigenvalue weighted by molar-refractivity contribution is -0.139. The fraction of sp³-hybridized carbons (Fsp3) is 0.923. The number of ether oxygens (including phenoxy) is 2. The standard InChI is InChI=1S/C13H28N2O4/c1-4-6-14-12(13(16)17)5-7-15(8-10-18-2)9-11-19-3/h12,14H,4-11H2,1-3H3,(H,16,17). The number of carbonyl (C=O) groups is 1. The molecule has 1 unspecified atom stereocenters. The van der Waals surface area contributed by atoms with E-state index in [4.69, 9.17) is 14.6 Å². The maximum Gasteiger partial charge on any atom is 0.320 e. The monoisotopic (exact) mass is 276 g/mol. The van der Waals surface area contributed by atoms with Crippen molar-refractivity contribution >= 4 is 5.97 Å². The molecule has 0 spiro atoms. The van der Waals surface area contributed by atoms with Crippen LogP contribution in [0.5, 0.6) is 0 Å². The lowest BCUT2D eigenvalue weighted by atomic mass is 10.2. The Morgan fingerprint density at radius 1 is 1.21 bits per heavy atom. The van der Waals surface area contributed by atoms with Gasteiger partial charge in [-0.25, -0.2) is 0 Å². The van der Waals surface area contributed by atoms with Gasteiger partial charge in [0.1, 0.15) is 6.04 Å². The van der Waals surface area contributed by atoms with E-state index < -0.39 is 12.0 Å². The zero-order valence-corrected chi connectivity index (χ0v) is 12.4. The van der Waals surface area contributed by atoms with E-state index in [0.717, 1.165) is 32.6 Å². The molecule has 114 valence electrons. The van der Waals surface area contributed by atoms with Crippen LogP contribution in [-0.4, -0.2) is 75.6 Å². The maximum absolute atomic E-state index is 11.1. The van der Waals surface area contributed by atoms with Gasteiger partial charge in [-0.15, -0.1) is 0 Å². The molecular formula is C13H28N2O4. The minimum atomic E-state index is -0.785. The summed E-state index contributed by atoms with van der Waals surface area (Å²) in [5, 5.41) is 12.2. The van der Waals surface area contributed by atoms with Crippen LogP contribution in [-0.2, 0) is 14.3 Å². The van der Waals surface area contributed by atoms with Gasteiger partial charge in [-0.1, -0.05) is 6.92 Å². The summed E-state index contributed by atoms with van der Waals surface area (Å²) in [5.74, 6) is -0.785. The van der Waals surface area contributed by atoms with Gasteiger partial charge in [0.05, 0.1) is 13.2 Å². The van der Waals surface area contributed by atoms with Crippen molar-refractivity contribution in [3.63, 3.8) is 0 Å². The van der Waals surface area contributed by atoms with Crippen molar-refractivity contribution in [2.24, 2.45) is 0 Å². The topological polar surface area (TPSA) is 71.0 Å². The Morgan fingerprint density at radius 3 is 2.21 bits per heavy atom. The Morgan fingerprint density at radius 2 is 1.79 bits per heavy atom. The third-order valence-corrected chi connectivity index (χ3v) is 2.90. The molecule has 1 atom stereocenters. The molecule has 6 nitrogen and oxygen atoms in total. The van der Waals surface area contributed by atoms with E-state index in [2.05, 4.69) is 10.2 Å². The molecule has 0 radical (unpaired) electrons. The van der Waals surface area contributed by atoms with Crippen molar-refractivity contribution in [2.75, 3.05) is 53.6 Å². The van der Waals surface area contributed by atoms with Crippen LogP contribution in [0.3, 0.4) is 0 Å². The first-order chi connectivity index (χ1) is 9.15. The molecule has 0 aliphatic carbocycles. The molecule has 0 rings (SSSR count). The molecule has 0 aliphatic rings. The summed E-state index contributed by atoms with van der Waals surface area (Å²) >= 11 is 0. The maximum atomic E-state index is 11.1. The molecule has 0 aromatic carbocycles. The van der Waals surface area contributed by atoms with Gasteiger partial charge in [0.15, 0.2) is 0 Å².